The summed E-state index contributed by atoms with van der Waals surface area (Å²) in [6, 6.07) is 5.09. The van der Waals surface area contributed by atoms with Crippen LogP contribution in [0.25, 0.3) is 0 Å². The van der Waals surface area contributed by atoms with Gasteiger partial charge >= 0.3 is 0 Å². The Hall–Kier alpha value is -2.77. The number of carbonyl (C=O) groups is 2. The fourth-order valence-electron chi connectivity index (χ4n) is 3.96. The standard InChI is InChI=1S/C25H33N3O4/c1-4-5-20-15-26-21(13-17(20)2)14-22(29)16-27-24(30)23-7-6-19(12-18(23)3)25(31)28-8-10-32-11-9-28/h4-7,12-13,15,17,20,22,29H,8-11,14,16H2,1-3H3,(H,27,30)/b5-4-. The topological polar surface area (TPSA) is 91.2 Å². The van der Waals surface area contributed by atoms with Crippen LogP contribution in [0.2, 0.25) is 0 Å². The highest BCUT2D eigenvalue weighted by Crippen LogP contribution is 2.23. The van der Waals surface area contributed by atoms with E-state index in [-0.39, 0.29) is 24.3 Å². The second-order valence-electron chi connectivity index (χ2n) is 8.40. The number of nitrogens with zero attached hydrogens (tertiary/aromatic N) is 2. The third-order valence-electron chi connectivity index (χ3n) is 5.85. The van der Waals surface area contributed by atoms with Gasteiger partial charge in [0.1, 0.15) is 0 Å². The highest BCUT2D eigenvalue weighted by molar-refractivity contribution is 5.99. The van der Waals surface area contributed by atoms with Gasteiger partial charge in [0.05, 0.1) is 19.3 Å². The van der Waals surface area contributed by atoms with Crippen molar-refractivity contribution in [2.75, 3.05) is 32.8 Å². The summed E-state index contributed by atoms with van der Waals surface area (Å²) in [6.07, 6.45) is 7.77. The summed E-state index contributed by atoms with van der Waals surface area (Å²) < 4.78 is 5.29. The van der Waals surface area contributed by atoms with Gasteiger partial charge in [0.2, 0.25) is 0 Å². The molecule has 32 heavy (non-hydrogen) atoms. The Kier molecular flexibility index (Phi) is 8.36. The van der Waals surface area contributed by atoms with E-state index < -0.39 is 6.10 Å². The molecule has 7 heteroatoms. The number of hydrogen-bond donors (Lipinski definition) is 2. The molecule has 2 aliphatic heterocycles. The smallest absolute Gasteiger partial charge is 0.254 e. The monoisotopic (exact) mass is 439 g/mol. The molecule has 3 atom stereocenters. The Labute approximate surface area is 189 Å². The van der Waals surface area contributed by atoms with Crippen molar-refractivity contribution in [3.63, 3.8) is 0 Å². The summed E-state index contributed by atoms with van der Waals surface area (Å²) >= 11 is 0. The van der Waals surface area contributed by atoms with E-state index in [4.69, 9.17) is 4.74 Å². The normalized spacial score (nSPS) is 22.0. The molecule has 2 aliphatic rings. The number of aliphatic hydroxyl groups excluding tert-OH is 1. The van der Waals surface area contributed by atoms with Gasteiger partial charge in [-0.25, -0.2) is 0 Å². The summed E-state index contributed by atoms with van der Waals surface area (Å²) in [5, 5.41) is 13.2. The van der Waals surface area contributed by atoms with Crippen LogP contribution in [0, 0.1) is 18.8 Å². The fourth-order valence-corrected chi connectivity index (χ4v) is 3.96. The van der Waals surface area contributed by atoms with Crippen molar-refractivity contribution in [1.82, 2.24) is 10.2 Å². The van der Waals surface area contributed by atoms with Crippen molar-refractivity contribution in [2.45, 2.75) is 33.3 Å². The van der Waals surface area contributed by atoms with E-state index in [1.54, 1.807) is 23.1 Å². The van der Waals surface area contributed by atoms with Crippen LogP contribution in [0.1, 0.15) is 46.5 Å². The van der Waals surface area contributed by atoms with Crippen molar-refractivity contribution in [2.24, 2.45) is 16.8 Å². The predicted octanol–water partition coefficient (Wildman–Crippen LogP) is 2.74. The molecule has 0 aromatic heterocycles. The van der Waals surface area contributed by atoms with Crippen LogP contribution in [0.5, 0.6) is 0 Å². The number of hydrogen-bond acceptors (Lipinski definition) is 5. The Morgan fingerprint density at radius 3 is 2.75 bits per heavy atom. The number of aliphatic hydroxyl groups is 1. The number of benzene rings is 1. The maximum atomic E-state index is 12.6. The van der Waals surface area contributed by atoms with E-state index in [1.807, 2.05) is 26.1 Å². The van der Waals surface area contributed by atoms with E-state index in [0.717, 1.165) is 11.3 Å². The lowest BCUT2D eigenvalue weighted by atomic mass is 9.91. The molecule has 2 amide bonds. The molecule has 1 fully saturated rings. The van der Waals surface area contributed by atoms with E-state index >= 15 is 0 Å². The molecule has 0 saturated carbocycles. The zero-order valence-electron chi connectivity index (χ0n) is 19.1. The molecule has 7 nitrogen and oxygen atoms in total. The van der Waals surface area contributed by atoms with Crippen molar-refractivity contribution >= 4 is 18.0 Å². The first-order chi connectivity index (χ1) is 15.4. The van der Waals surface area contributed by atoms with E-state index in [2.05, 4.69) is 29.4 Å². The number of amides is 2. The molecule has 1 aromatic carbocycles. The molecule has 2 heterocycles. The highest BCUT2D eigenvalue weighted by Gasteiger charge is 2.21. The molecule has 0 radical (unpaired) electrons. The minimum absolute atomic E-state index is 0.0500. The van der Waals surface area contributed by atoms with Crippen LogP contribution >= 0.6 is 0 Å². The molecular weight excluding hydrogens is 406 g/mol. The van der Waals surface area contributed by atoms with Gasteiger partial charge in [-0.05, 0) is 43.5 Å². The van der Waals surface area contributed by atoms with Crippen molar-refractivity contribution in [1.29, 1.82) is 0 Å². The van der Waals surface area contributed by atoms with E-state index in [9.17, 15) is 14.7 Å². The molecule has 3 unspecified atom stereocenters. The van der Waals surface area contributed by atoms with E-state index in [0.29, 0.717) is 49.8 Å². The van der Waals surface area contributed by atoms with Gasteiger partial charge in [-0.15, -0.1) is 0 Å². The third kappa shape index (κ3) is 6.14. The number of nitrogens with one attached hydrogen (secondary N) is 1. The van der Waals surface area contributed by atoms with Crippen molar-refractivity contribution in [3.8, 4) is 0 Å². The molecule has 0 bridgehead atoms. The second kappa shape index (κ2) is 11.2. The Balaban J connectivity index is 1.53. The largest absolute Gasteiger partial charge is 0.391 e. The highest BCUT2D eigenvalue weighted by atomic mass is 16.5. The number of carbonyl (C=O) groups excluding carboxylic acids is 2. The second-order valence-corrected chi connectivity index (χ2v) is 8.40. The lowest BCUT2D eigenvalue weighted by molar-refractivity contribution is 0.0303. The van der Waals surface area contributed by atoms with Crippen molar-refractivity contribution in [3.05, 3.63) is 58.8 Å². The molecule has 0 spiro atoms. The Morgan fingerprint density at radius 2 is 2.09 bits per heavy atom. The first-order valence-corrected chi connectivity index (χ1v) is 11.2. The number of morpholine rings is 1. The predicted molar refractivity (Wildman–Crippen MR) is 125 cm³/mol. The van der Waals surface area contributed by atoms with Gasteiger partial charge in [-0.2, -0.15) is 0 Å². The lowest BCUT2D eigenvalue weighted by Crippen LogP contribution is -2.40. The number of ether oxygens (including phenoxy) is 1. The van der Waals surface area contributed by atoms with Crippen LogP contribution in [0.3, 0.4) is 0 Å². The van der Waals surface area contributed by atoms with E-state index in [1.165, 1.54) is 0 Å². The number of aryl methyl sites for hydroxylation is 1. The molecule has 0 aliphatic carbocycles. The van der Waals surface area contributed by atoms with Gasteiger partial charge in [0, 0.05) is 55.0 Å². The maximum absolute atomic E-state index is 12.6. The third-order valence-corrected chi connectivity index (χ3v) is 5.85. The van der Waals surface area contributed by atoms with Gasteiger partial charge in [-0.3, -0.25) is 14.6 Å². The van der Waals surface area contributed by atoms with Crippen LogP contribution in [0.4, 0.5) is 0 Å². The van der Waals surface area contributed by atoms with Gasteiger partial charge < -0.3 is 20.1 Å². The average Bonchev–Trinajstić information content (AvgIpc) is 2.79. The van der Waals surface area contributed by atoms with Crippen LogP contribution < -0.4 is 5.32 Å². The van der Waals surface area contributed by atoms with Crippen molar-refractivity contribution < 1.29 is 19.4 Å². The number of aliphatic imine (C=N–C) groups is 1. The summed E-state index contributed by atoms with van der Waals surface area (Å²) in [5.74, 6) is 0.282. The summed E-state index contributed by atoms with van der Waals surface area (Å²) in [7, 11) is 0. The molecule has 172 valence electrons. The molecule has 3 rings (SSSR count). The van der Waals surface area contributed by atoms with Crippen LogP contribution in [-0.4, -0.2) is 67.0 Å². The van der Waals surface area contributed by atoms with Gasteiger partial charge in [0.25, 0.3) is 11.8 Å². The van der Waals surface area contributed by atoms with Gasteiger partial charge in [-0.1, -0.05) is 25.2 Å². The number of allylic oxidation sites excluding steroid dienone is 3. The zero-order chi connectivity index (χ0) is 23.1. The molecule has 1 saturated heterocycles. The minimum atomic E-state index is -0.727. The average molecular weight is 440 g/mol. The molecule has 1 aromatic rings. The SMILES string of the molecule is C/C=C\C1C=NC(CC(O)CNC(=O)c2ccc(C(=O)N3CCOCC3)cc2C)=CC1C. The minimum Gasteiger partial charge on any atom is -0.391 e. The zero-order valence-corrected chi connectivity index (χ0v) is 19.1. The quantitative estimate of drug-likeness (QED) is 0.639. The first-order valence-electron chi connectivity index (χ1n) is 11.2. The molecule has 2 N–H and O–H groups in total. The maximum Gasteiger partial charge on any atom is 0.254 e. The Morgan fingerprint density at radius 1 is 1.34 bits per heavy atom. The Bertz CT molecular complexity index is 916. The summed E-state index contributed by atoms with van der Waals surface area (Å²) in [4.78, 5) is 31.5. The summed E-state index contributed by atoms with van der Waals surface area (Å²) in [5.41, 5.74) is 2.61. The van der Waals surface area contributed by atoms with Crippen LogP contribution in [0.15, 0.2) is 47.1 Å². The van der Waals surface area contributed by atoms with Gasteiger partial charge in [0.15, 0.2) is 0 Å². The lowest BCUT2D eigenvalue weighted by Gasteiger charge is -2.27. The fraction of sp³-hybridized carbons (Fsp3) is 0.480. The first kappa shape index (κ1) is 23.9. The summed E-state index contributed by atoms with van der Waals surface area (Å²) in [6.45, 7) is 8.30. The van der Waals surface area contributed by atoms with Crippen LogP contribution in [-0.2, 0) is 4.74 Å². The number of rotatable bonds is 7. The molecular formula is C25H33N3O4.